The second-order valence-corrected chi connectivity index (χ2v) is 11.6. The van der Waals surface area contributed by atoms with Crippen molar-refractivity contribution in [1.29, 1.82) is 0 Å². The van der Waals surface area contributed by atoms with Crippen LogP contribution < -0.4 is 10.6 Å². The molecule has 0 amide bonds. The minimum Gasteiger partial charge on any atom is -0.314 e. The van der Waals surface area contributed by atoms with E-state index in [1.54, 1.807) is 0 Å². The van der Waals surface area contributed by atoms with E-state index in [0.717, 1.165) is 21.7 Å². The van der Waals surface area contributed by atoms with Gasteiger partial charge in [-0.25, -0.2) is 0 Å². The molecule has 0 bridgehead atoms. The van der Waals surface area contributed by atoms with Gasteiger partial charge in [0, 0.05) is 17.3 Å². The van der Waals surface area contributed by atoms with Crippen molar-refractivity contribution in [1.82, 2.24) is 0 Å². The number of hydrogen-bond acceptors (Lipinski definition) is 4. The molecular formula is C22H24O4P2. The summed E-state index contributed by atoms with van der Waals surface area (Å²) in [6.45, 7) is 4.07. The third-order valence-corrected chi connectivity index (χ3v) is 8.29. The van der Waals surface area contributed by atoms with E-state index in [1.165, 1.54) is 6.66 Å². The summed E-state index contributed by atoms with van der Waals surface area (Å²) in [4.78, 5) is 0. The molecular weight excluding hydrogens is 390 g/mol. The molecule has 0 atom stereocenters. The van der Waals surface area contributed by atoms with Crippen LogP contribution in [0.2, 0.25) is 0 Å². The maximum absolute atomic E-state index is 12.6. The average Bonchev–Trinajstić information content (AvgIpc) is 2.88. The minimum atomic E-state index is -2.81. The van der Waals surface area contributed by atoms with Gasteiger partial charge >= 0.3 is 7.60 Å². The predicted molar refractivity (Wildman–Crippen MR) is 115 cm³/mol. The fourth-order valence-corrected chi connectivity index (χ4v) is 5.43. The first-order valence-electron chi connectivity index (χ1n) is 9.01. The molecule has 0 radical (unpaired) electrons. The molecule has 4 rings (SSSR count). The van der Waals surface area contributed by atoms with E-state index in [4.69, 9.17) is 9.05 Å². The Morgan fingerprint density at radius 3 is 1.46 bits per heavy atom. The third-order valence-electron chi connectivity index (χ3n) is 4.53. The summed E-state index contributed by atoms with van der Waals surface area (Å²) in [7, 11) is -5.21. The molecule has 3 aromatic rings. The van der Waals surface area contributed by atoms with Gasteiger partial charge in [-0.15, -0.1) is 0 Å². The van der Waals surface area contributed by atoms with E-state index in [0.29, 0.717) is 13.2 Å². The van der Waals surface area contributed by atoms with E-state index < -0.39 is 14.7 Å². The molecule has 0 aromatic heterocycles. The Balaban J connectivity index is 0.000000162. The van der Waals surface area contributed by atoms with Crippen molar-refractivity contribution in [2.45, 2.75) is 13.2 Å². The maximum atomic E-state index is 12.6. The second-order valence-electron chi connectivity index (χ2n) is 6.68. The molecule has 146 valence electrons. The number of benzene rings is 3. The van der Waals surface area contributed by atoms with Crippen LogP contribution >= 0.6 is 14.7 Å². The summed E-state index contributed by atoms with van der Waals surface area (Å²) in [5.74, 6) is 0. The van der Waals surface area contributed by atoms with Gasteiger partial charge in [-0.3, -0.25) is 4.57 Å². The van der Waals surface area contributed by atoms with Crippen LogP contribution in [-0.4, -0.2) is 13.3 Å². The van der Waals surface area contributed by atoms with Gasteiger partial charge in [0.15, 0.2) is 0 Å². The highest BCUT2D eigenvalue weighted by Gasteiger charge is 2.22. The molecule has 28 heavy (non-hydrogen) atoms. The molecule has 1 aliphatic heterocycles. The zero-order valence-electron chi connectivity index (χ0n) is 16.0. The lowest BCUT2D eigenvalue weighted by Crippen LogP contribution is -2.14. The Hall–Kier alpha value is -1.96. The van der Waals surface area contributed by atoms with Gasteiger partial charge in [-0.2, -0.15) is 0 Å². The normalized spacial score (nSPS) is 15.5. The Bertz CT molecular complexity index is 929. The minimum absolute atomic E-state index is 0.379. The zero-order chi connectivity index (χ0) is 20.0. The van der Waals surface area contributed by atoms with Crippen LogP contribution in [0.4, 0.5) is 0 Å². The van der Waals surface area contributed by atoms with Gasteiger partial charge in [0.2, 0.25) is 0 Å². The highest BCUT2D eigenvalue weighted by molar-refractivity contribution is 7.78. The standard InChI is InChI=1S/C13H13OP.C9H11O3P/c1-15(14,12-8-4-2-5-9-12)13-10-6-3-7-11-13;1-13(10)11-6-8-4-2-3-5-9(8)7-12-13/h2-11H,1H3;2-5H,6-7H2,1H3. The van der Waals surface area contributed by atoms with Crippen LogP contribution in [0.3, 0.4) is 0 Å². The summed E-state index contributed by atoms with van der Waals surface area (Å²) in [6.07, 6.45) is 0. The molecule has 0 unspecified atom stereocenters. The van der Waals surface area contributed by atoms with Crippen LogP contribution in [0.15, 0.2) is 84.9 Å². The first-order valence-corrected chi connectivity index (χ1v) is 13.1. The van der Waals surface area contributed by atoms with Crippen LogP contribution in [0.25, 0.3) is 0 Å². The molecule has 3 aromatic carbocycles. The van der Waals surface area contributed by atoms with Gasteiger partial charge in [0.25, 0.3) is 0 Å². The van der Waals surface area contributed by atoms with Crippen molar-refractivity contribution < 1.29 is 18.2 Å². The number of fused-ring (bicyclic) bond motifs is 1. The van der Waals surface area contributed by atoms with Gasteiger partial charge < -0.3 is 13.6 Å². The molecule has 6 heteroatoms. The Morgan fingerprint density at radius 2 is 1.07 bits per heavy atom. The molecule has 1 heterocycles. The van der Waals surface area contributed by atoms with Gasteiger partial charge in [0.05, 0.1) is 13.2 Å². The van der Waals surface area contributed by atoms with E-state index in [2.05, 4.69) is 0 Å². The van der Waals surface area contributed by atoms with Crippen LogP contribution in [0.1, 0.15) is 11.1 Å². The molecule has 4 nitrogen and oxygen atoms in total. The third kappa shape index (κ3) is 5.31. The molecule has 1 aliphatic rings. The molecule has 0 saturated carbocycles. The molecule has 0 aliphatic carbocycles. The van der Waals surface area contributed by atoms with E-state index in [-0.39, 0.29) is 0 Å². The summed E-state index contributed by atoms with van der Waals surface area (Å²) >= 11 is 0. The first kappa shape index (κ1) is 20.8. The SMILES string of the molecule is CP(=O)(c1ccccc1)c1ccccc1.CP1(=O)OCc2ccccc2CO1. The maximum Gasteiger partial charge on any atom is 0.328 e. The lowest BCUT2D eigenvalue weighted by Gasteiger charge is -2.13. The Labute approximate surface area is 166 Å². The predicted octanol–water partition coefficient (Wildman–Crippen LogP) is 5.19. The quantitative estimate of drug-likeness (QED) is 0.542. The second kappa shape index (κ2) is 9.03. The Morgan fingerprint density at radius 1 is 0.714 bits per heavy atom. The van der Waals surface area contributed by atoms with Crippen molar-refractivity contribution in [3.63, 3.8) is 0 Å². The van der Waals surface area contributed by atoms with E-state index in [9.17, 15) is 9.13 Å². The van der Waals surface area contributed by atoms with E-state index >= 15 is 0 Å². The monoisotopic (exact) mass is 414 g/mol. The van der Waals surface area contributed by atoms with Crippen molar-refractivity contribution in [3.8, 4) is 0 Å². The zero-order valence-corrected chi connectivity index (χ0v) is 17.8. The van der Waals surface area contributed by atoms with Crippen LogP contribution in [0, 0.1) is 0 Å². The fraction of sp³-hybridized carbons (Fsp3) is 0.182. The van der Waals surface area contributed by atoms with Crippen molar-refractivity contribution in [3.05, 3.63) is 96.1 Å². The van der Waals surface area contributed by atoms with Crippen molar-refractivity contribution in [2.24, 2.45) is 0 Å². The molecule has 0 fully saturated rings. The lowest BCUT2D eigenvalue weighted by atomic mass is 10.1. The average molecular weight is 414 g/mol. The summed E-state index contributed by atoms with van der Waals surface area (Å²) in [6, 6.07) is 27.1. The summed E-state index contributed by atoms with van der Waals surface area (Å²) in [5.41, 5.74) is 2.11. The van der Waals surface area contributed by atoms with Crippen LogP contribution in [0.5, 0.6) is 0 Å². The Kier molecular flexibility index (Phi) is 6.69. The molecule has 0 spiro atoms. The van der Waals surface area contributed by atoms with Gasteiger partial charge in [0.1, 0.15) is 7.14 Å². The highest BCUT2D eigenvalue weighted by Crippen LogP contribution is 2.47. The summed E-state index contributed by atoms with van der Waals surface area (Å²) in [5, 5.41) is 1.83. The fourth-order valence-electron chi connectivity index (χ4n) is 2.82. The largest absolute Gasteiger partial charge is 0.328 e. The van der Waals surface area contributed by atoms with Gasteiger partial charge in [-0.1, -0.05) is 84.9 Å². The van der Waals surface area contributed by atoms with Crippen LogP contribution in [-0.2, 0) is 31.4 Å². The number of rotatable bonds is 2. The highest BCUT2D eigenvalue weighted by atomic mass is 31.2. The lowest BCUT2D eigenvalue weighted by molar-refractivity contribution is 0.212. The summed E-state index contributed by atoms with van der Waals surface area (Å²) < 4.78 is 34.4. The number of hydrogen-bond donors (Lipinski definition) is 0. The molecule has 0 N–H and O–H groups in total. The smallest absolute Gasteiger partial charge is 0.314 e. The van der Waals surface area contributed by atoms with Crippen molar-refractivity contribution in [2.75, 3.05) is 13.3 Å². The topological polar surface area (TPSA) is 52.6 Å². The molecule has 0 saturated heterocycles. The first-order chi connectivity index (χ1) is 13.4. The van der Waals surface area contributed by atoms with Gasteiger partial charge in [-0.05, 0) is 17.8 Å². The van der Waals surface area contributed by atoms with Crippen molar-refractivity contribution >= 4 is 25.3 Å². The van der Waals surface area contributed by atoms with E-state index in [1.807, 2.05) is 91.6 Å².